The molecule has 3 nitrogen and oxygen atoms in total. The first-order chi connectivity index (χ1) is 10.1. The largest absolute Gasteiger partial charge is 0.497 e. The van der Waals surface area contributed by atoms with Gasteiger partial charge in [0.15, 0.2) is 0 Å². The molecule has 0 spiro atoms. The molecule has 2 aromatic carbocycles. The van der Waals surface area contributed by atoms with Crippen LogP contribution < -0.4 is 10.1 Å². The van der Waals surface area contributed by atoms with Crippen LogP contribution in [0.5, 0.6) is 5.75 Å². The van der Waals surface area contributed by atoms with E-state index in [9.17, 15) is 4.79 Å². The molecule has 0 aromatic heterocycles. The quantitative estimate of drug-likeness (QED) is 0.904. The molecule has 2 aromatic rings. The van der Waals surface area contributed by atoms with E-state index in [0.29, 0.717) is 5.56 Å². The van der Waals surface area contributed by atoms with Crippen molar-refractivity contribution in [3.63, 3.8) is 0 Å². The van der Waals surface area contributed by atoms with Crippen LogP contribution in [0.15, 0.2) is 48.5 Å². The van der Waals surface area contributed by atoms with Crippen LogP contribution in [0, 0.1) is 6.92 Å². The van der Waals surface area contributed by atoms with Gasteiger partial charge in [-0.05, 0) is 43.2 Å². The number of carbonyl (C=O) groups excluding carboxylic acids is 1. The Morgan fingerprint density at radius 3 is 2.48 bits per heavy atom. The molecule has 0 bridgehead atoms. The molecular formula is C18H21NO2. The number of nitrogens with one attached hydrogen (secondary N) is 1. The molecule has 0 saturated heterocycles. The van der Waals surface area contributed by atoms with Gasteiger partial charge >= 0.3 is 0 Å². The van der Waals surface area contributed by atoms with Gasteiger partial charge in [0, 0.05) is 5.56 Å². The molecule has 1 amide bonds. The molecule has 2 rings (SSSR count). The minimum atomic E-state index is -0.0404. The van der Waals surface area contributed by atoms with E-state index in [1.54, 1.807) is 7.11 Å². The Hall–Kier alpha value is -2.29. The molecule has 0 saturated carbocycles. The Bertz CT molecular complexity index is 605. The Morgan fingerprint density at radius 2 is 1.90 bits per heavy atom. The van der Waals surface area contributed by atoms with E-state index in [1.165, 1.54) is 0 Å². The third-order valence-corrected chi connectivity index (χ3v) is 3.51. The Balaban J connectivity index is 2.12. The topological polar surface area (TPSA) is 38.3 Å². The molecule has 21 heavy (non-hydrogen) atoms. The van der Waals surface area contributed by atoms with Crippen LogP contribution in [0.4, 0.5) is 0 Å². The van der Waals surface area contributed by atoms with E-state index >= 15 is 0 Å². The highest BCUT2D eigenvalue weighted by molar-refractivity contribution is 5.94. The lowest BCUT2D eigenvalue weighted by atomic mass is 10.0. The van der Waals surface area contributed by atoms with Gasteiger partial charge in [-0.2, -0.15) is 0 Å². The van der Waals surface area contributed by atoms with E-state index in [4.69, 9.17) is 4.74 Å². The molecule has 0 fully saturated rings. The fraction of sp³-hybridized carbons (Fsp3) is 0.278. The van der Waals surface area contributed by atoms with Gasteiger partial charge in [0.25, 0.3) is 5.91 Å². The molecule has 1 atom stereocenters. The number of methoxy groups -OCH3 is 1. The van der Waals surface area contributed by atoms with Crippen LogP contribution in [0.3, 0.4) is 0 Å². The standard InChI is InChI=1S/C18H21NO2/c1-4-17(14-8-10-16(21-3)11-9-14)19-18(20)15-7-5-6-13(2)12-15/h5-12,17H,4H2,1-3H3,(H,19,20)/t17-/m1/s1. The van der Waals surface area contributed by atoms with Crippen molar-refractivity contribution >= 4 is 5.91 Å². The fourth-order valence-corrected chi connectivity index (χ4v) is 2.29. The highest BCUT2D eigenvalue weighted by atomic mass is 16.5. The number of hydrogen-bond acceptors (Lipinski definition) is 2. The van der Waals surface area contributed by atoms with Gasteiger partial charge in [0.05, 0.1) is 13.2 Å². The van der Waals surface area contributed by atoms with Crippen LogP contribution in [0.1, 0.15) is 40.9 Å². The molecule has 1 N–H and O–H groups in total. The molecule has 110 valence electrons. The second-order valence-electron chi connectivity index (χ2n) is 5.08. The zero-order valence-electron chi connectivity index (χ0n) is 12.7. The van der Waals surface area contributed by atoms with E-state index in [0.717, 1.165) is 23.3 Å². The minimum Gasteiger partial charge on any atom is -0.497 e. The molecule has 0 aliphatic heterocycles. The molecule has 0 unspecified atom stereocenters. The van der Waals surface area contributed by atoms with Crippen molar-refractivity contribution in [2.24, 2.45) is 0 Å². The SMILES string of the molecule is CC[C@@H](NC(=O)c1cccc(C)c1)c1ccc(OC)cc1. The van der Waals surface area contributed by atoms with Gasteiger partial charge in [0.2, 0.25) is 0 Å². The monoisotopic (exact) mass is 283 g/mol. The molecule has 0 radical (unpaired) electrons. The van der Waals surface area contributed by atoms with E-state index in [-0.39, 0.29) is 11.9 Å². The lowest BCUT2D eigenvalue weighted by Crippen LogP contribution is -2.28. The number of benzene rings is 2. The van der Waals surface area contributed by atoms with Crippen molar-refractivity contribution < 1.29 is 9.53 Å². The predicted octanol–water partition coefficient (Wildman–Crippen LogP) is 3.88. The first-order valence-electron chi connectivity index (χ1n) is 7.15. The second-order valence-corrected chi connectivity index (χ2v) is 5.08. The maximum absolute atomic E-state index is 12.3. The number of hydrogen-bond donors (Lipinski definition) is 1. The van der Waals surface area contributed by atoms with Crippen LogP contribution in [0.2, 0.25) is 0 Å². The maximum Gasteiger partial charge on any atom is 0.251 e. The Kier molecular flexibility index (Phi) is 4.99. The first kappa shape index (κ1) is 15.1. The van der Waals surface area contributed by atoms with Gasteiger partial charge in [-0.1, -0.05) is 36.8 Å². The highest BCUT2D eigenvalue weighted by Gasteiger charge is 2.14. The average molecular weight is 283 g/mol. The highest BCUT2D eigenvalue weighted by Crippen LogP contribution is 2.20. The van der Waals surface area contributed by atoms with E-state index in [1.807, 2.05) is 55.5 Å². The first-order valence-corrected chi connectivity index (χ1v) is 7.15. The van der Waals surface area contributed by atoms with Gasteiger partial charge < -0.3 is 10.1 Å². The normalized spacial score (nSPS) is 11.8. The van der Waals surface area contributed by atoms with E-state index < -0.39 is 0 Å². The van der Waals surface area contributed by atoms with Crippen LogP contribution in [-0.2, 0) is 0 Å². The van der Waals surface area contributed by atoms with Gasteiger partial charge in [-0.25, -0.2) is 0 Å². The van der Waals surface area contributed by atoms with Crippen molar-refractivity contribution in [3.8, 4) is 5.75 Å². The second kappa shape index (κ2) is 6.93. The van der Waals surface area contributed by atoms with E-state index in [2.05, 4.69) is 12.2 Å². The van der Waals surface area contributed by atoms with Crippen molar-refractivity contribution in [1.82, 2.24) is 5.32 Å². The maximum atomic E-state index is 12.3. The van der Waals surface area contributed by atoms with Crippen molar-refractivity contribution in [3.05, 3.63) is 65.2 Å². The number of aryl methyl sites for hydroxylation is 1. The summed E-state index contributed by atoms with van der Waals surface area (Å²) >= 11 is 0. The summed E-state index contributed by atoms with van der Waals surface area (Å²) in [5.41, 5.74) is 2.86. The molecule has 3 heteroatoms. The summed E-state index contributed by atoms with van der Waals surface area (Å²) in [5.74, 6) is 0.778. The fourth-order valence-electron chi connectivity index (χ4n) is 2.29. The number of rotatable bonds is 5. The minimum absolute atomic E-state index is 0.00363. The lowest BCUT2D eigenvalue weighted by molar-refractivity contribution is 0.0935. The van der Waals surface area contributed by atoms with Gasteiger partial charge in [0.1, 0.15) is 5.75 Å². The van der Waals surface area contributed by atoms with Crippen molar-refractivity contribution in [1.29, 1.82) is 0 Å². The van der Waals surface area contributed by atoms with Crippen LogP contribution in [-0.4, -0.2) is 13.0 Å². The van der Waals surface area contributed by atoms with Gasteiger partial charge in [-0.3, -0.25) is 4.79 Å². The third-order valence-electron chi connectivity index (χ3n) is 3.51. The molecular weight excluding hydrogens is 262 g/mol. The summed E-state index contributed by atoms with van der Waals surface area (Å²) in [4.78, 5) is 12.3. The summed E-state index contributed by atoms with van der Waals surface area (Å²) in [7, 11) is 1.64. The van der Waals surface area contributed by atoms with Crippen LogP contribution >= 0.6 is 0 Å². The molecule has 0 heterocycles. The summed E-state index contributed by atoms with van der Waals surface area (Å²) < 4.78 is 5.16. The smallest absolute Gasteiger partial charge is 0.251 e. The Labute approximate surface area is 126 Å². The Morgan fingerprint density at radius 1 is 1.19 bits per heavy atom. The molecule has 0 aliphatic carbocycles. The van der Waals surface area contributed by atoms with Crippen molar-refractivity contribution in [2.45, 2.75) is 26.3 Å². The zero-order chi connectivity index (χ0) is 15.2. The summed E-state index contributed by atoms with van der Waals surface area (Å²) in [6, 6.07) is 15.4. The van der Waals surface area contributed by atoms with Crippen LogP contribution in [0.25, 0.3) is 0 Å². The summed E-state index contributed by atoms with van der Waals surface area (Å²) in [6.45, 7) is 4.04. The number of ether oxygens (including phenoxy) is 1. The number of amides is 1. The van der Waals surface area contributed by atoms with Crippen molar-refractivity contribution in [2.75, 3.05) is 7.11 Å². The summed E-state index contributed by atoms with van der Waals surface area (Å²) in [6.07, 6.45) is 0.837. The average Bonchev–Trinajstić information content (AvgIpc) is 2.52. The molecule has 0 aliphatic rings. The lowest BCUT2D eigenvalue weighted by Gasteiger charge is -2.18. The van der Waals surface area contributed by atoms with Gasteiger partial charge in [-0.15, -0.1) is 0 Å². The predicted molar refractivity (Wildman–Crippen MR) is 84.7 cm³/mol. The zero-order valence-corrected chi connectivity index (χ0v) is 12.7. The number of carbonyl (C=O) groups is 1. The third kappa shape index (κ3) is 3.85. The summed E-state index contributed by atoms with van der Waals surface area (Å²) in [5, 5.41) is 3.08.